The van der Waals surface area contributed by atoms with Gasteiger partial charge in [0.15, 0.2) is 0 Å². The Morgan fingerprint density at radius 2 is 0.802 bits per heavy atom. The third-order valence-electron chi connectivity index (χ3n) is 17.7. The lowest BCUT2D eigenvalue weighted by Crippen LogP contribution is -2.37. The van der Waals surface area contributed by atoms with E-state index in [2.05, 4.69) is 32.7 Å². The molecule has 11 rings (SSSR count). The normalized spacial score (nSPS) is 12.6. The smallest absolute Gasteiger partial charge is 0.335 e. The van der Waals surface area contributed by atoms with Crippen molar-refractivity contribution in [1.82, 2.24) is 13.7 Å². The molecule has 0 bridgehead atoms. The van der Waals surface area contributed by atoms with Crippen LogP contribution >= 0.6 is 0 Å². The number of carboxylic acid groups (broad SMARTS) is 1. The summed E-state index contributed by atoms with van der Waals surface area (Å²) >= 11 is 0. The number of pyridine rings is 2. The van der Waals surface area contributed by atoms with Gasteiger partial charge in [-0.3, -0.25) is 47.5 Å². The first-order valence-corrected chi connectivity index (χ1v) is 30.0. The molecule has 0 spiro atoms. The molecule has 0 aliphatic carbocycles. The SMILES string of the molecule is CCCCCCC(CCCCCC)n1c(=O)c2ccc3c4ccc5c(=O)n(C(CCCCCC)CCCCCC)c(=O)c6cc7c8c(=O)n(Cc9ccc(C=Nc%10ccc(C(=O)O)cc%10)cc9)c(=O)c8c8cc(c1=O)c2c3c8c7c4c56. The first kappa shape index (κ1) is 55.1. The van der Waals surface area contributed by atoms with Gasteiger partial charge in [0.2, 0.25) is 0 Å². The van der Waals surface area contributed by atoms with E-state index in [9.17, 15) is 9.90 Å². The maximum atomic E-state index is 15.5. The van der Waals surface area contributed by atoms with Crippen molar-refractivity contribution in [3.8, 4) is 0 Å². The molecule has 0 fully saturated rings. The number of carboxylic acids is 1. The maximum Gasteiger partial charge on any atom is 0.335 e. The van der Waals surface area contributed by atoms with Crippen LogP contribution < -0.4 is 33.4 Å². The van der Waals surface area contributed by atoms with Gasteiger partial charge in [0.25, 0.3) is 33.4 Å². The fourth-order valence-electron chi connectivity index (χ4n) is 13.5. The van der Waals surface area contributed by atoms with Crippen LogP contribution in [0.2, 0.25) is 0 Å². The Balaban J connectivity index is 1.18. The second-order valence-electron chi connectivity index (χ2n) is 23.0. The van der Waals surface area contributed by atoms with Crippen molar-refractivity contribution in [1.29, 1.82) is 0 Å². The van der Waals surface area contributed by atoms with E-state index in [-0.39, 0.29) is 46.1 Å². The minimum absolute atomic E-state index is 0.0764. The predicted octanol–water partition coefficient (Wildman–Crippen LogP) is 15.1. The van der Waals surface area contributed by atoms with Crippen molar-refractivity contribution in [2.45, 2.75) is 175 Å². The standard InChI is InChI=1S/C69H72N4O8/c1-5-9-13-17-21-45(22-18-14-10-6-2)72-63(74)49-35-33-47-48-34-36-50-56-54(66(77)73(64(50)75)46(23-19-15-11-7-3)24-20-16-12-8-4)38-52-60(58(48)56)59-51(37-53(65(72)76)55(49)57(47)59)61-62(52)68(79)71(67(61)78)40-42-27-25-41(26-28-42)39-70-44-31-29-43(30-32-44)69(80)81/h25-39,45-46H,5-24,40H2,1-4H3,(H,80,81). The minimum Gasteiger partial charge on any atom is -0.478 e. The van der Waals surface area contributed by atoms with E-state index in [0.717, 1.165) is 119 Å². The van der Waals surface area contributed by atoms with Crippen molar-refractivity contribution in [3.63, 3.8) is 0 Å². The average Bonchev–Trinajstić information content (AvgIpc) is 1.96. The number of unbranched alkanes of at least 4 members (excludes halogenated alkanes) is 12. The van der Waals surface area contributed by atoms with Crippen LogP contribution in [0, 0.1) is 0 Å². The molecule has 0 amide bonds. The highest BCUT2D eigenvalue weighted by atomic mass is 16.4. The maximum absolute atomic E-state index is 15.5. The third-order valence-corrected chi connectivity index (χ3v) is 17.7. The Bertz CT molecular complexity index is 4250. The molecule has 0 atom stereocenters. The van der Waals surface area contributed by atoms with Gasteiger partial charge in [0.1, 0.15) is 0 Å². The van der Waals surface area contributed by atoms with Gasteiger partial charge >= 0.3 is 5.97 Å². The first-order valence-electron chi connectivity index (χ1n) is 30.0. The van der Waals surface area contributed by atoms with Gasteiger partial charge in [0, 0.05) is 50.6 Å². The van der Waals surface area contributed by atoms with E-state index in [1.807, 2.05) is 48.5 Å². The molecule has 11 aromatic rings. The van der Waals surface area contributed by atoms with E-state index < -0.39 is 28.2 Å². The lowest BCUT2D eigenvalue weighted by atomic mass is 9.81. The van der Waals surface area contributed by atoms with Gasteiger partial charge in [-0.15, -0.1) is 0 Å². The highest BCUT2D eigenvalue weighted by molar-refractivity contribution is 6.48. The summed E-state index contributed by atoms with van der Waals surface area (Å²) in [7, 11) is 0. The van der Waals surface area contributed by atoms with E-state index in [1.165, 1.54) is 25.8 Å². The lowest BCUT2D eigenvalue weighted by molar-refractivity contribution is 0.0697. The Kier molecular flexibility index (Phi) is 15.8. The van der Waals surface area contributed by atoms with Gasteiger partial charge in [-0.05, 0) is 128 Å². The fourth-order valence-corrected chi connectivity index (χ4v) is 13.5. The van der Waals surface area contributed by atoms with Crippen LogP contribution in [-0.2, 0) is 6.54 Å². The molecule has 81 heavy (non-hydrogen) atoms. The van der Waals surface area contributed by atoms with Gasteiger partial charge in [-0.2, -0.15) is 0 Å². The molecule has 12 nitrogen and oxygen atoms in total. The second kappa shape index (κ2) is 23.3. The number of carbonyl (C=O) groups is 1. The van der Waals surface area contributed by atoms with E-state index in [1.54, 1.807) is 30.5 Å². The third kappa shape index (κ3) is 9.71. The topological polar surface area (TPSA) is 167 Å². The number of aromatic carboxylic acids is 1. The summed E-state index contributed by atoms with van der Waals surface area (Å²) in [4.78, 5) is 108. The molecule has 0 aliphatic rings. The van der Waals surface area contributed by atoms with Crippen LogP contribution in [0.5, 0.6) is 0 Å². The summed E-state index contributed by atoms with van der Waals surface area (Å²) in [6.45, 7) is 8.58. The highest BCUT2D eigenvalue weighted by Crippen LogP contribution is 2.50. The summed E-state index contributed by atoms with van der Waals surface area (Å²) < 4.78 is 4.24. The molecule has 0 unspecified atom stereocenters. The number of fused-ring (bicyclic) bond motifs is 4. The molecule has 8 aromatic carbocycles. The molecule has 1 N–H and O–H groups in total. The zero-order valence-corrected chi connectivity index (χ0v) is 47.3. The van der Waals surface area contributed by atoms with Crippen LogP contribution in [0.15, 0.2) is 119 Å². The van der Waals surface area contributed by atoms with Crippen LogP contribution in [0.3, 0.4) is 0 Å². The zero-order valence-electron chi connectivity index (χ0n) is 47.3. The predicted molar refractivity (Wildman–Crippen MR) is 333 cm³/mol. The number of nitrogens with zero attached hydrogens (tertiary/aromatic N) is 4. The Labute approximate surface area is 469 Å². The Morgan fingerprint density at radius 3 is 1.20 bits per heavy atom. The zero-order chi connectivity index (χ0) is 56.6. The Morgan fingerprint density at radius 1 is 0.420 bits per heavy atom. The molecule has 0 saturated heterocycles. The van der Waals surface area contributed by atoms with Crippen molar-refractivity contribution in [2.24, 2.45) is 4.99 Å². The molecule has 0 aliphatic heterocycles. The lowest BCUT2D eigenvalue weighted by Gasteiger charge is -2.24. The van der Waals surface area contributed by atoms with E-state index >= 15 is 28.8 Å². The molecule has 12 heteroatoms. The monoisotopic (exact) mass is 1080 g/mol. The largest absolute Gasteiger partial charge is 0.478 e. The summed E-state index contributed by atoms with van der Waals surface area (Å²) in [5.41, 5.74) is -0.391. The molecule has 3 heterocycles. The van der Waals surface area contributed by atoms with Crippen molar-refractivity contribution >= 4 is 104 Å². The van der Waals surface area contributed by atoms with Gasteiger partial charge < -0.3 is 5.11 Å². The Hall–Kier alpha value is -7.86. The molecule has 0 radical (unpaired) electrons. The van der Waals surface area contributed by atoms with Crippen molar-refractivity contribution in [2.75, 3.05) is 0 Å². The summed E-state index contributed by atoms with van der Waals surface area (Å²) in [6.07, 6.45) is 20.4. The number of aromatic nitrogens is 3. The number of hydrogen-bond donors (Lipinski definition) is 1. The molecular formula is C69H72N4O8. The number of hydrogen-bond acceptors (Lipinski definition) is 8. The number of benzene rings is 8. The van der Waals surface area contributed by atoms with Crippen molar-refractivity contribution in [3.05, 3.63) is 164 Å². The fraction of sp³-hybridized carbons (Fsp3) is 0.391. The first-order chi connectivity index (χ1) is 39.4. The summed E-state index contributed by atoms with van der Waals surface area (Å²) in [5.74, 6) is -1.02. The van der Waals surface area contributed by atoms with Crippen LogP contribution in [-0.4, -0.2) is 31.0 Å². The van der Waals surface area contributed by atoms with Crippen molar-refractivity contribution < 1.29 is 9.90 Å². The van der Waals surface area contributed by atoms with E-state index in [4.69, 9.17) is 0 Å². The van der Waals surface area contributed by atoms with E-state index in [0.29, 0.717) is 102 Å². The highest BCUT2D eigenvalue weighted by Gasteiger charge is 2.32. The quantitative estimate of drug-likeness (QED) is 0.0230. The van der Waals surface area contributed by atoms with Crippen LogP contribution in [0.25, 0.3) is 86.2 Å². The van der Waals surface area contributed by atoms with Gasteiger partial charge in [0.05, 0.1) is 28.6 Å². The van der Waals surface area contributed by atoms with Gasteiger partial charge in [-0.25, -0.2) is 4.79 Å². The van der Waals surface area contributed by atoms with Crippen LogP contribution in [0.4, 0.5) is 5.69 Å². The minimum atomic E-state index is -1.02. The second-order valence-corrected chi connectivity index (χ2v) is 23.0. The summed E-state index contributed by atoms with van der Waals surface area (Å²) in [6, 6.07) is 24.0. The molecule has 3 aromatic heterocycles. The molecule has 0 saturated carbocycles. The average molecular weight is 1090 g/mol. The van der Waals surface area contributed by atoms with Gasteiger partial charge in [-0.1, -0.05) is 167 Å². The molecular weight excluding hydrogens is 1010 g/mol. The summed E-state index contributed by atoms with van der Waals surface area (Å²) in [5, 5.41) is 17.0. The molecule has 416 valence electrons. The number of rotatable bonds is 27. The number of aliphatic imine (C=N–C) groups is 1. The van der Waals surface area contributed by atoms with Crippen LogP contribution in [0.1, 0.15) is 190 Å².